The van der Waals surface area contributed by atoms with Crippen molar-refractivity contribution >= 4 is 82.9 Å². The summed E-state index contributed by atoms with van der Waals surface area (Å²) in [6, 6.07) is -10.1. The van der Waals surface area contributed by atoms with Gasteiger partial charge in [-0.1, -0.05) is 51.9 Å². The lowest BCUT2D eigenvalue weighted by Crippen LogP contribution is -2.62. The van der Waals surface area contributed by atoms with Crippen LogP contribution in [0.5, 0.6) is 0 Å². The van der Waals surface area contributed by atoms with Crippen molar-refractivity contribution in [1.82, 2.24) is 69.1 Å². The summed E-state index contributed by atoms with van der Waals surface area (Å²) < 4.78 is 10.9. The SMILES string of the molecule is CCCCCCCCCCNC(=O)C[C@@H]1NC(=O)[C@H](CCC(=O)NCCOCCOCC(=O)NC(CCCCN)C(N)=O)NC(=O)[C@H](CCCNC(=N)N)NC(=O)[C@H](CCCNC(=N)N)NC(=O)[C@H](CCCNC(=N)N)NC(=O)[C@H](CCCNC(=N)N)NC1=O. The van der Waals surface area contributed by atoms with Crippen LogP contribution < -0.4 is 104 Å². The highest BCUT2D eigenvalue weighted by molar-refractivity contribution is 5.99. The second-order valence-electron chi connectivity index (χ2n) is 21.7. The molecule has 1 fully saturated rings. The van der Waals surface area contributed by atoms with Crippen LogP contribution in [0.3, 0.4) is 0 Å². The maximum Gasteiger partial charge on any atom is 0.246 e. The highest BCUT2D eigenvalue weighted by Gasteiger charge is 2.36. The molecule has 10 amide bonds. The van der Waals surface area contributed by atoms with Gasteiger partial charge in [0.1, 0.15) is 48.9 Å². The van der Waals surface area contributed by atoms with Gasteiger partial charge in [-0.25, -0.2) is 0 Å². The molecule has 29 N–H and O–H groups in total. The molecule has 0 aromatic carbocycles. The zero-order valence-electron chi connectivity index (χ0n) is 52.2. The third-order valence-electron chi connectivity index (χ3n) is 13.9. The summed E-state index contributed by atoms with van der Waals surface area (Å²) in [5.74, 6) is -9.70. The Morgan fingerprint density at radius 1 is 0.422 bits per heavy atom. The molecule has 0 aliphatic carbocycles. The van der Waals surface area contributed by atoms with E-state index in [-0.39, 0.29) is 141 Å². The molecule has 512 valence electrons. The van der Waals surface area contributed by atoms with Gasteiger partial charge in [-0.3, -0.25) is 69.6 Å². The zero-order chi connectivity index (χ0) is 67.1. The minimum absolute atomic E-state index is 0.00988. The van der Waals surface area contributed by atoms with Gasteiger partial charge < -0.3 is 113 Å². The van der Waals surface area contributed by atoms with Crippen LogP contribution in [0.15, 0.2) is 0 Å². The number of carbonyl (C=O) groups is 10. The van der Waals surface area contributed by atoms with Crippen LogP contribution in [0.25, 0.3) is 0 Å². The summed E-state index contributed by atoms with van der Waals surface area (Å²) in [7, 11) is 0. The van der Waals surface area contributed by atoms with Gasteiger partial charge in [0.2, 0.25) is 59.1 Å². The van der Waals surface area contributed by atoms with Gasteiger partial charge in [-0.05, 0) is 90.0 Å². The first-order chi connectivity index (χ1) is 43.0. The van der Waals surface area contributed by atoms with E-state index in [4.69, 9.17) is 65.5 Å². The average Bonchev–Trinajstić information content (AvgIpc) is 2.07. The first kappa shape index (κ1) is 79.7. The van der Waals surface area contributed by atoms with Crippen molar-refractivity contribution in [2.45, 2.75) is 190 Å². The van der Waals surface area contributed by atoms with Crippen molar-refractivity contribution in [3.63, 3.8) is 0 Å². The predicted octanol–water partition coefficient (Wildman–Crippen LogP) is -5.36. The van der Waals surface area contributed by atoms with Crippen LogP contribution in [0.1, 0.15) is 148 Å². The number of guanidine groups is 4. The lowest BCUT2D eigenvalue weighted by atomic mass is 10.0. The zero-order valence-corrected chi connectivity index (χ0v) is 52.2. The van der Waals surface area contributed by atoms with Crippen molar-refractivity contribution < 1.29 is 57.4 Å². The fraction of sp³-hybridized carbons (Fsp3) is 0.745. The maximum absolute atomic E-state index is 14.7. The topological polar surface area (TPSA) is 597 Å². The van der Waals surface area contributed by atoms with Gasteiger partial charge in [0.25, 0.3) is 0 Å². The summed E-state index contributed by atoms with van der Waals surface area (Å²) >= 11 is 0. The summed E-state index contributed by atoms with van der Waals surface area (Å²) in [5, 5.41) is 64.6. The van der Waals surface area contributed by atoms with Gasteiger partial charge in [-0.2, -0.15) is 0 Å². The van der Waals surface area contributed by atoms with E-state index in [2.05, 4.69) is 76.0 Å². The standard InChI is InChI=1S/C55H105N23O12/c1-2-3-4-5-6-7-8-11-24-66-43(80)33-41-51(88)76-39(20-15-28-71-55(64)65)48(85)74-37(18-13-26-69-53(60)61)46(83)73-36(17-12-25-68-52(58)59)47(84)75-38(19-14-27-70-54(62)63)49(86)77-40(50(87)78-41)21-22-42(79)67-29-30-89-31-32-90-34-44(81)72-35(45(57)82)16-9-10-23-56/h35-41H,2-34,56H2,1H3,(H2,57,82)(H,66,80)(H,67,79)(H,72,81)(H,73,83)(H,74,85)(H,75,84)(H,76,88)(H,77,86)(H,78,87)(H4,58,59,68)(H4,60,61,69)(H4,62,63,70)(H4,64,65,71)/t35?,36-,37-,38-,39-,40-,41-/m0/s1. The van der Waals surface area contributed by atoms with Crippen molar-refractivity contribution in [2.24, 2.45) is 34.4 Å². The molecule has 0 aromatic heterocycles. The summed E-state index contributed by atoms with van der Waals surface area (Å²) in [4.78, 5) is 139. The van der Waals surface area contributed by atoms with Crippen LogP contribution in [-0.4, -0.2) is 197 Å². The van der Waals surface area contributed by atoms with Crippen molar-refractivity contribution in [2.75, 3.05) is 72.2 Å². The largest absolute Gasteiger partial charge is 0.377 e. The fourth-order valence-electron chi connectivity index (χ4n) is 9.07. The first-order valence-electron chi connectivity index (χ1n) is 31.1. The molecule has 35 heteroatoms. The number of nitrogens with two attached hydrogens (primary N) is 6. The number of carbonyl (C=O) groups excluding carboxylic acids is 10. The maximum atomic E-state index is 14.7. The Hall–Kier alpha value is -8.34. The molecular weight excluding hydrogens is 1170 g/mol. The van der Waals surface area contributed by atoms with Crippen LogP contribution in [0, 0.1) is 21.6 Å². The van der Waals surface area contributed by atoms with Crippen LogP contribution in [0.4, 0.5) is 0 Å². The smallest absolute Gasteiger partial charge is 0.246 e. The minimum Gasteiger partial charge on any atom is -0.377 e. The van der Waals surface area contributed by atoms with Crippen LogP contribution in [0.2, 0.25) is 0 Å². The lowest BCUT2D eigenvalue weighted by molar-refractivity contribution is -0.137. The number of primary amides is 1. The minimum atomic E-state index is -1.73. The highest BCUT2D eigenvalue weighted by atomic mass is 16.5. The monoisotopic (exact) mass is 1280 g/mol. The third kappa shape index (κ3) is 39.5. The van der Waals surface area contributed by atoms with E-state index in [1.807, 2.05) is 0 Å². The number of hydrogen-bond acceptors (Lipinski definition) is 17. The first-order valence-corrected chi connectivity index (χ1v) is 31.1. The lowest BCUT2D eigenvalue weighted by Gasteiger charge is -2.29. The summed E-state index contributed by atoms with van der Waals surface area (Å²) in [6.07, 6.45) is 7.88. The van der Waals surface area contributed by atoms with Gasteiger partial charge >= 0.3 is 0 Å². The van der Waals surface area contributed by atoms with E-state index in [0.717, 1.165) is 44.9 Å². The molecular formula is C55H105N23O12. The summed E-state index contributed by atoms with van der Waals surface area (Å²) in [5.41, 5.74) is 32.9. The van der Waals surface area contributed by atoms with E-state index in [9.17, 15) is 47.9 Å². The van der Waals surface area contributed by atoms with Gasteiger partial charge in [0.15, 0.2) is 23.8 Å². The number of rotatable bonds is 44. The highest BCUT2D eigenvalue weighted by Crippen LogP contribution is 2.12. The molecule has 1 aliphatic heterocycles. The van der Waals surface area contributed by atoms with Crippen molar-refractivity contribution in [3.8, 4) is 0 Å². The van der Waals surface area contributed by atoms with Crippen LogP contribution >= 0.6 is 0 Å². The van der Waals surface area contributed by atoms with Gasteiger partial charge in [0.05, 0.1) is 26.2 Å². The van der Waals surface area contributed by atoms with E-state index in [1.54, 1.807) is 0 Å². The van der Waals surface area contributed by atoms with E-state index in [1.165, 1.54) is 0 Å². The molecule has 90 heavy (non-hydrogen) atoms. The number of amides is 10. The van der Waals surface area contributed by atoms with Gasteiger partial charge in [0, 0.05) is 45.7 Å². The van der Waals surface area contributed by atoms with E-state index >= 15 is 0 Å². The van der Waals surface area contributed by atoms with Crippen molar-refractivity contribution in [3.05, 3.63) is 0 Å². The number of unbranched alkanes of at least 4 members (excludes halogenated alkanes) is 8. The molecule has 35 nitrogen and oxygen atoms in total. The molecule has 0 bridgehead atoms. The second-order valence-corrected chi connectivity index (χ2v) is 21.7. The molecule has 0 spiro atoms. The van der Waals surface area contributed by atoms with E-state index in [0.29, 0.717) is 32.2 Å². The van der Waals surface area contributed by atoms with Crippen molar-refractivity contribution in [1.29, 1.82) is 21.6 Å². The molecule has 1 heterocycles. The molecule has 1 saturated heterocycles. The average molecular weight is 1280 g/mol. The number of ether oxygens (including phenoxy) is 2. The Kier molecular flexibility index (Phi) is 43.0. The van der Waals surface area contributed by atoms with E-state index < -0.39 is 121 Å². The number of hydrogen-bond donors (Lipinski definition) is 23. The summed E-state index contributed by atoms with van der Waals surface area (Å²) in [6.45, 7) is 2.59. The Bertz CT molecular complexity index is 2280. The Labute approximate surface area is 526 Å². The normalized spacial score (nSPS) is 18.6. The van der Waals surface area contributed by atoms with Gasteiger partial charge in [-0.15, -0.1) is 0 Å². The Morgan fingerprint density at radius 2 is 0.789 bits per heavy atom. The quantitative estimate of drug-likeness (QED) is 0.0154. The fourth-order valence-corrected chi connectivity index (χ4v) is 9.07. The molecule has 0 aromatic rings. The Balaban J connectivity index is 3.76. The molecule has 7 atom stereocenters. The molecule has 0 radical (unpaired) electrons. The predicted molar refractivity (Wildman–Crippen MR) is 336 cm³/mol. The molecule has 1 rings (SSSR count). The molecule has 1 aliphatic rings. The molecule has 1 unspecified atom stereocenters. The Morgan fingerprint density at radius 3 is 1.20 bits per heavy atom. The van der Waals surface area contributed by atoms with Crippen LogP contribution in [-0.2, 0) is 57.4 Å². The third-order valence-corrected chi connectivity index (χ3v) is 13.9. The second kappa shape index (κ2) is 48.6. The molecule has 0 saturated carbocycles. The number of nitrogens with one attached hydrogen (secondary N) is 17.